The highest BCUT2D eigenvalue weighted by atomic mass is 35.5. The van der Waals surface area contributed by atoms with Gasteiger partial charge in [0.05, 0.1) is 16.7 Å². The molecule has 0 fully saturated rings. The predicted octanol–water partition coefficient (Wildman–Crippen LogP) is 2.32. The first-order valence-electron chi connectivity index (χ1n) is 4.49. The van der Waals surface area contributed by atoms with Crippen LogP contribution < -0.4 is 0 Å². The van der Waals surface area contributed by atoms with E-state index in [9.17, 15) is 4.79 Å². The molecule has 4 heteroatoms. The van der Waals surface area contributed by atoms with Crippen LogP contribution in [0.25, 0.3) is 0 Å². The van der Waals surface area contributed by atoms with E-state index >= 15 is 0 Å². The van der Waals surface area contributed by atoms with Crippen molar-refractivity contribution in [3.63, 3.8) is 0 Å². The number of carbonyl (C=O) groups excluding carboxylic acids is 1. The standard InChI is InChI=1S/C11H11ClN2O/c1-8(7-13)14(2)11(15)9-5-3-4-6-10(9)12/h3-6,8H,1-2H3. The number of carbonyl (C=O) groups is 1. The Kier molecular flexibility index (Phi) is 3.70. The van der Waals surface area contributed by atoms with Crippen LogP contribution in [0, 0.1) is 11.3 Å². The van der Waals surface area contributed by atoms with Crippen molar-refractivity contribution in [2.24, 2.45) is 0 Å². The molecular formula is C11H11ClN2O. The third-order valence-electron chi connectivity index (χ3n) is 2.19. The molecule has 1 aromatic carbocycles. The van der Waals surface area contributed by atoms with Gasteiger partial charge in [0, 0.05) is 7.05 Å². The number of hydrogen-bond donors (Lipinski definition) is 0. The maximum atomic E-state index is 11.9. The smallest absolute Gasteiger partial charge is 0.256 e. The molecule has 0 aliphatic heterocycles. The first-order valence-corrected chi connectivity index (χ1v) is 4.87. The van der Waals surface area contributed by atoms with Gasteiger partial charge in [-0.3, -0.25) is 4.79 Å². The highest BCUT2D eigenvalue weighted by molar-refractivity contribution is 6.33. The monoisotopic (exact) mass is 222 g/mol. The predicted molar refractivity (Wildman–Crippen MR) is 58.6 cm³/mol. The summed E-state index contributed by atoms with van der Waals surface area (Å²) in [5.41, 5.74) is 0.420. The molecule has 1 amide bonds. The Balaban J connectivity index is 2.96. The molecule has 0 N–H and O–H groups in total. The van der Waals surface area contributed by atoms with Gasteiger partial charge in [0.2, 0.25) is 0 Å². The summed E-state index contributed by atoms with van der Waals surface area (Å²) in [7, 11) is 1.58. The molecule has 0 saturated heterocycles. The summed E-state index contributed by atoms with van der Waals surface area (Å²) in [6, 6.07) is 8.33. The van der Waals surface area contributed by atoms with Gasteiger partial charge in [-0.1, -0.05) is 23.7 Å². The number of nitrogens with zero attached hydrogens (tertiary/aromatic N) is 2. The molecule has 3 nitrogen and oxygen atoms in total. The van der Waals surface area contributed by atoms with Gasteiger partial charge in [0.1, 0.15) is 6.04 Å². The second kappa shape index (κ2) is 4.81. The summed E-state index contributed by atoms with van der Waals surface area (Å²) < 4.78 is 0. The third-order valence-corrected chi connectivity index (χ3v) is 2.52. The molecule has 0 spiro atoms. The molecule has 0 bridgehead atoms. The van der Waals surface area contributed by atoms with E-state index in [-0.39, 0.29) is 5.91 Å². The molecule has 0 heterocycles. The lowest BCUT2D eigenvalue weighted by Crippen LogP contribution is -2.34. The molecule has 1 aromatic rings. The Morgan fingerprint density at radius 3 is 2.67 bits per heavy atom. The van der Waals surface area contributed by atoms with Gasteiger partial charge >= 0.3 is 0 Å². The zero-order valence-corrected chi connectivity index (χ0v) is 9.32. The van der Waals surface area contributed by atoms with E-state index in [1.54, 1.807) is 38.2 Å². The Labute approximate surface area is 93.9 Å². The fourth-order valence-corrected chi connectivity index (χ4v) is 1.30. The fraction of sp³-hybridized carbons (Fsp3) is 0.273. The quantitative estimate of drug-likeness (QED) is 0.771. The first kappa shape index (κ1) is 11.5. The zero-order chi connectivity index (χ0) is 11.4. The summed E-state index contributed by atoms with van der Waals surface area (Å²) in [6.07, 6.45) is 0. The van der Waals surface area contributed by atoms with Crippen molar-refractivity contribution >= 4 is 17.5 Å². The summed E-state index contributed by atoms with van der Waals surface area (Å²) >= 11 is 5.88. The Morgan fingerprint density at radius 1 is 1.53 bits per heavy atom. The minimum absolute atomic E-state index is 0.241. The van der Waals surface area contributed by atoms with Crippen LogP contribution in [0.15, 0.2) is 24.3 Å². The average molecular weight is 223 g/mol. The number of nitriles is 1. The van der Waals surface area contributed by atoms with Crippen LogP contribution in [0.2, 0.25) is 5.02 Å². The van der Waals surface area contributed by atoms with Crippen molar-refractivity contribution in [1.82, 2.24) is 4.90 Å². The van der Waals surface area contributed by atoms with Gasteiger partial charge in [-0.25, -0.2) is 0 Å². The van der Waals surface area contributed by atoms with Crippen molar-refractivity contribution in [1.29, 1.82) is 5.26 Å². The normalized spacial score (nSPS) is 11.6. The third kappa shape index (κ3) is 2.48. The fourth-order valence-electron chi connectivity index (χ4n) is 1.09. The maximum absolute atomic E-state index is 11.9. The second-order valence-electron chi connectivity index (χ2n) is 3.20. The Morgan fingerprint density at radius 2 is 2.13 bits per heavy atom. The van der Waals surface area contributed by atoms with Crippen LogP contribution in [0.3, 0.4) is 0 Å². The maximum Gasteiger partial charge on any atom is 0.256 e. The minimum atomic E-state index is -0.464. The van der Waals surface area contributed by atoms with Crippen LogP contribution in [0.5, 0.6) is 0 Å². The molecule has 78 valence electrons. The lowest BCUT2D eigenvalue weighted by molar-refractivity contribution is 0.0773. The van der Waals surface area contributed by atoms with Crippen LogP contribution in [0.1, 0.15) is 17.3 Å². The van der Waals surface area contributed by atoms with Crippen molar-refractivity contribution in [2.45, 2.75) is 13.0 Å². The highest BCUT2D eigenvalue weighted by Crippen LogP contribution is 2.17. The van der Waals surface area contributed by atoms with E-state index in [4.69, 9.17) is 16.9 Å². The lowest BCUT2D eigenvalue weighted by Gasteiger charge is -2.19. The van der Waals surface area contributed by atoms with Gasteiger partial charge in [0.15, 0.2) is 0 Å². The molecule has 15 heavy (non-hydrogen) atoms. The molecule has 0 saturated carbocycles. The first-order chi connectivity index (χ1) is 7.07. The van der Waals surface area contributed by atoms with Crippen molar-refractivity contribution in [3.05, 3.63) is 34.9 Å². The second-order valence-corrected chi connectivity index (χ2v) is 3.61. The summed E-state index contributed by atoms with van der Waals surface area (Å²) in [4.78, 5) is 13.2. The van der Waals surface area contributed by atoms with Crippen molar-refractivity contribution < 1.29 is 4.79 Å². The summed E-state index contributed by atoms with van der Waals surface area (Å²) in [6.45, 7) is 1.66. The zero-order valence-electron chi connectivity index (χ0n) is 8.57. The molecule has 0 aliphatic rings. The van der Waals surface area contributed by atoms with Crippen LogP contribution in [-0.4, -0.2) is 23.9 Å². The van der Waals surface area contributed by atoms with Gasteiger partial charge in [-0.15, -0.1) is 0 Å². The molecule has 0 radical (unpaired) electrons. The number of amides is 1. The van der Waals surface area contributed by atoms with Gasteiger partial charge in [0.25, 0.3) is 5.91 Å². The Bertz CT molecular complexity index is 411. The lowest BCUT2D eigenvalue weighted by atomic mass is 10.2. The molecule has 1 unspecified atom stereocenters. The number of benzene rings is 1. The van der Waals surface area contributed by atoms with Crippen molar-refractivity contribution in [2.75, 3.05) is 7.05 Å². The molecule has 0 aliphatic carbocycles. The SMILES string of the molecule is CC(C#N)N(C)C(=O)c1ccccc1Cl. The molecule has 0 aromatic heterocycles. The number of hydrogen-bond acceptors (Lipinski definition) is 2. The Hall–Kier alpha value is -1.53. The van der Waals surface area contributed by atoms with E-state index < -0.39 is 6.04 Å². The van der Waals surface area contributed by atoms with E-state index in [1.165, 1.54) is 4.90 Å². The van der Waals surface area contributed by atoms with Crippen LogP contribution in [0.4, 0.5) is 0 Å². The highest BCUT2D eigenvalue weighted by Gasteiger charge is 2.18. The van der Waals surface area contributed by atoms with Gasteiger partial charge in [-0.2, -0.15) is 5.26 Å². The molecule has 1 rings (SSSR count). The minimum Gasteiger partial charge on any atom is -0.326 e. The molecule has 1 atom stereocenters. The molecular weight excluding hydrogens is 212 g/mol. The number of rotatable bonds is 2. The van der Waals surface area contributed by atoms with Crippen LogP contribution in [-0.2, 0) is 0 Å². The van der Waals surface area contributed by atoms with E-state index in [0.717, 1.165) is 0 Å². The van der Waals surface area contributed by atoms with E-state index in [1.807, 2.05) is 6.07 Å². The topological polar surface area (TPSA) is 44.1 Å². The van der Waals surface area contributed by atoms with Gasteiger partial charge in [-0.05, 0) is 19.1 Å². The van der Waals surface area contributed by atoms with Gasteiger partial charge < -0.3 is 4.90 Å². The summed E-state index contributed by atoms with van der Waals surface area (Å²) in [5, 5.41) is 9.10. The van der Waals surface area contributed by atoms with Crippen molar-refractivity contribution in [3.8, 4) is 6.07 Å². The summed E-state index contributed by atoms with van der Waals surface area (Å²) in [5.74, 6) is -0.241. The average Bonchev–Trinajstić information content (AvgIpc) is 2.26. The van der Waals surface area contributed by atoms with Crippen LogP contribution >= 0.6 is 11.6 Å². The largest absolute Gasteiger partial charge is 0.326 e. The number of halogens is 1. The van der Waals surface area contributed by atoms with E-state index in [0.29, 0.717) is 10.6 Å². The van der Waals surface area contributed by atoms with E-state index in [2.05, 4.69) is 0 Å².